The Morgan fingerprint density at radius 3 is 2.41 bits per heavy atom. The fourth-order valence-corrected chi connectivity index (χ4v) is 7.38. The van der Waals surface area contributed by atoms with Crippen molar-refractivity contribution in [1.29, 1.82) is 0 Å². The number of amides is 1. The summed E-state index contributed by atoms with van der Waals surface area (Å²) in [5, 5.41) is 11.7. The Bertz CT molecular complexity index is 1310. The molecule has 214 valence electrons. The zero-order valence-electron chi connectivity index (χ0n) is 21.9. The number of rotatable bonds is 8. The van der Waals surface area contributed by atoms with Crippen LogP contribution in [0.1, 0.15) is 23.3 Å². The molecule has 2 saturated heterocycles. The lowest BCUT2D eigenvalue weighted by atomic mass is 10.1. The van der Waals surface area contributed by atoms with Crippen LogP contribution in [0.3, 0.4) is 0 Å². The molecule has 3 heterocycles. The molecule has 2 aromatic rings. The van der Waals surface area contributed by atoms with Gasteiger partial charge in [0.2, 0.25) is 16.0 Å². The van der Waals surface area contributed by atoms with Crippen LogP contribution in [0.4, 0.5) is 36.2 Å². The number of aromatic nitrogens is 2. The van der Waals surface area contributed by atoms with Crippen LogP contribution in [0.2, 0.25) is 25.2 Å². The number of halogens is 3. The molecule has 0 radical (unpaired) electrons. The predicted molar refractivity (Wildman–Crippen MR) is 147 cm³/mol. The lowest BCUT2D eigenvalue weighted by Crippen LogP contribution is -2.43. The molecule has 0 aliphatic carbocycles. The summed E-state index contributed by atoms with van der Waals surface area (Å²) in [6, 6.07) is 5.70. The van der Waals surface area contributed by atoms with Crippen LogP contribution in [0, 0.1) is 5.82 Å². The van der Waals surface area contributed by atoms with E-state index in [0.29, 0.717) is 18.8 Å². The first-order valence-corrected chi connectivity index (χ1v) is 17.8. The summed E-state index contributed by atoms with van der Waals surface area (Å²) in [5.74, 6) is -4.73. The number of hydrogen-bond acceptors (Lipinski definition) is 8. The second-order valence-corrected chi connectivity index (χ2v) is 17.9. The molecule has 0 saturated carbocycles. The maximum absolute atomic E-state index is 15.1. The number of nitrogens with one attached hydrogen (secondary N) is 2. The van der Waals surface area contributed by atoms with Gasteiger partial charge in [-0.25, -0.2) is 31.6 Å². The fraction of sp³-hybridized carbons (Fsp3) is 0.542. The van der Waals surface area contributed by atoms with Crippen molar-refractivity contribution in [2.24, 2.45) is 0 Å². The van der Waals surface area contributed by atoms with Crippen LogP contribution in [-0.2, 0) is 10.0 Å². The van der Waals surface area contributed by atoms with Crippen molar-refractivity contribution < 1.29 is 31.5 Å². The molecule has 1 amide bonds. The molecule has 3 N–H and O–H groups in total. The Morgan fingerprint density at radius 2 is 1.77 bits per heavy atom. The van der Waals surface area contributed by atoms with Crippen molar-refractivity contribution in [2.45, 2.75) is 43.9 Å². The van der Waals surface area contributed by atoms with Crippen LogP contribution < -0.4 is 19.8 Å². The van der Waals surface area contributed by atoms with Gasteiger partial charge in [0.15, 0.2) is 0 Å². The zero-order chi connectivity index (χ0) is 28.4. The normalized spacial score (nSPS) is 19.0. The largest absolute Gasteiger partial charge is 0.395 e. The van der Waals surface area contributed by atoms with E-state index in [2.05, 4.69) is 33.1 Å². The number of anilines is 4. The van der Waals surface area contributed by atoms with Gasteiger partial charge in [-0.2, -0.15) is 0 Å². The van der Waals surface area contributed by atoms with Crippen LogP contribution in [0.25, 0.3) is 0 Å². The Labute approximate surface area is 226 Å². The molecule has 2 aliphatic heterocycles. The monoisotopic (exact) mass is 586 g/mol. The average Bonchev–Trinajstić information content (AvgIpc) is 2.86. The number of hydrogen-bond donors (Lipinski definition) is 3. The van der Waals surface area contributed by atoms with Gasteiger partial charge in [0, 0.05) is 51.3 Å². The van der Waals surface area contributed by atoms with E-state index >= 15 is 4.39 Å². The number of sulfonamides is 1. The van der Waals surface area contributed by atoms with Gasteiger partial charge in [-0.15, -0.1) is 0 Å². The molecule has 0 bridgehead atoms. The molecule has 2 fully saturated rings. The van der Waals surface area contributed by atoms with Crippen LogP contribution in [0.15, 0.2) is 24.4 Å². The first kappa shape index (κ1) is 29.1. The molecular formula is C24H33F3N6O4SSi. The predicted octanol–water partition coefficient (Wildman–Crippen LogP) is 3.37. The zero-order valence-corrected chi connectivity index (χ0v) is 23.7. The van der Waals surface area contributed by atoms with Crippen molar-refractivity contribution in [2.75, 3.05) is 58.4 Å². The molecule has 10 nitrogen and oxygen atoms in total. The highest BCUT2D eigenvalue weighted by molar-refractivity contribution is 7.92. The number of benzene rings is 1. The minimum absolute atomic E-state index is 0.0244. The third kappa shape index (κ3) is 7.39. The van der Waals surface area contributed by atoms with E-state index in [0.717, 1.165) is 18.2 Å². The first-order valence-electron chi connectivity index (χ1n) is 12.7. The number of nitrogens with zero attached hydrogens (tertiary/aromatic N) is 4. The minimum Gasteiger partial charge on any atom is -0.395 e. The number of carbonyl (C=O) groups excluding carboxylic acids is 1. The lowest BCUT2D eigenvalue weighted by molar-refractivity contribution is -0.0222. The van der Waals surface area contributed by atoms with Gasteiger partial charge in [-0.1, -0.05) is 13.1 Å². The van der Waals surface area contributed by atoms with Crippen molar-refractivity contribution in [1.82, 2.24) is 9.97 Å². The summed E-state index contributed by atoms with van der Waals surface area (Å²) in [4.78, 5) is 25.1. The second-order valence-electron chi connectivity index (χ2n) is 10.7. The van der Waals surface area contributed by atoms with Gasteiger partial charge in [0.05, 0.1) is 37.5 Å². The molecule has 4 rings (SSSR count). The molecule has 0 atom stereocenters. The summed E-state index contributed by atoms with van der Waals surface area (Å²) in [7, 11) is -5.37. The Kier molecular flexibility index (Phi) is 8.42. The Balaban J connectivity index is 1.61. The Morgan fingerprint density at radius 1 is 1.10 bits per heavy atom. The van der Waals surface area contributed by atoms with E-state index in [1.807, 2.05) is 4.90 Å². The topological polar surface area (TPSA) is 128 Å². The number of aliphatic hydroxyl groups is 1. The summed E-state index contributed by atoms with van der Waals surface area (Å²) >= 11 is 0. The van der Waals surface area contributed by atoms with Crippen LogP contribution in [0.5, 0.6) is 0 Å². The van der Waals surface area contributed by atoms with E-state index in [9.17, 15) is 22.0 Å². The molecule has 0 spiro atoms. The van der Waals surface area contributed by atoms with E-state index in [1.54, 1.807) is 4.90 Å². The third-order valence-corrected chi connectivity index (χ3v) is 11.5. The average molecular weight is 587 g/mol. The van der Waals surface area contributed by atoms with Gasteiger partial charge < -0.3 is 20.2 Å². The van der Waals surface area contributed by atoms with Gasteiger partial charge in [0.1, 0.15) is 11.5 Å². The smallest absolute Gasteiger partial charge is 0.274 e. The number of piperidine rings is 1. The van der Waals surface area contributed by atoms with Gasteiger partial charge in [0.25, 0.3) is 11.8 Å². The standard InChI is InChI=1S/C24H33F3N6O4SSi/c1-39(2)13-9-32(10-14-39)21-16-19(31-38(36,37)12-11-34)17(25)15-20(21)29-22(35)18-3-6-28-23(30-18)33-7-4-24(26,27)5-8-33/h3,6,15-16,31,34H,4-5,7-14H2,1-2H3,(H,29,35). The summed E-state index contributed by atoms with van der Waals surface area (Å²) in [6.45, 7) is 5.36. The molecule has 1 aromatic carbocycles. The maximum atomic E-state index is 15.1. The molecule has 2 aliphatic rings. The summed E-state index contributed by atoms with van der Waals surface area (Å²) in [6.07, 6.45) is 0.695. The van der Waals surface area contributed by atoms with Crippen molar-refractivity contribution in [3.05, 3.63) is 35.9 Å². The quantitative estimate of drug-likeness (QED) is 0.402. The summed E-state index contributed by atoms with van der Waals surface area (Å²) < 4.78 is 68.7. The van der Waals surface area contributed by atoms with E-state index in [4.69, 9.17) is 5.11 Å². The van der Waals surface area contributed by atoms with E-state index in [-0.39, 0.29) is 48.9 Å². The SMILES string of the molecule is C[Si]1(C)CCN(c2cc(NS(=O)(=O)CCO)c(F)cc2NC(=O)c2ccnc(N3CCC(F)(F)CC3)n2)CC1. The number of alkyl halides is 2. The molecular weight excluding hydrogens is 553 g/mol. The van der Waals surface area contributed by atoms with Crippen molar-refractivity contribution >= 4 is 47.0 Å². The minimum atomic E-state index is -3.98. The van der Waals surface area contributed by atoms with Crippen LogP contribution in [-0.4, -0.2) is 81.9 Å². The second kappa shape index (κ2) is 11.3. The summed E-state index contributed by atoms with van der Waals surface area (Å²) in [5.41, 5.74) is 0.276. The molecule has 39 heavy (non-hydrogen) atoms. The highest BCUT2D eigenvalue weighted by Crippen LogP contribution is 2.36. The van der Waals surface area contributed by atoms with Crippen molar-refractivity contribution in [3.63, 3.8) is 0 Å². The molecule has 0 unspecified atom stereocenters. The number of aliphatic hydroxyl groups excluding tert-OH is 1. The third-order valence-electron chi connectivity index (χ3n) is 7.07. The van der Waals surface area contributed by atoms with Gasteiger partial charge in [-0.3, -0.25) is 9.52 Å². The van der Waals surface area contributed by atoms with E-state index in [1.165, 1.54) is 18.3 Å². The van der Waals surface area contributed by atoms with E-state index < -0.39 is 48.1 Å². The lowest BCUT2D eigenvalue weighted by Gasteiger charge is -2.38. The number of carbonyl (C=O) groups is 1. The van der Waals surface area contributed by atoms with Gasteiger partial charge >= 0.3 is 0 Å². The maximum Gasteiger partial charge on any atom is 0.274 e. The van der Waals surface area contributed by atoms with Crippen molar-refractivity contribution in [3.8, 4) is 0 Å². The first-order chi connectivity index (χ1) is 18.3. The molecule has 15 heteroatoms. The Hall–Kier alpha value is -2.91. The molecule has 1 aromatic heterocycles. The van der Waals surface area contributed by atoms with Gasteiger partial charge in [-0.05, 0) is 24.2 Å². The van der Waals surface area contributed by atoms with Crippen LogP contribution >= 0.6 is 0 Å². The fourth-order valence-electron chi connectivity index (χ4n) is 4.54. The highest BCUT2D eigenvalue weighted by Gasteiger charge is 2.35. The highest BCUT2D eigenvalue weighted by atomic mass is 32.2.